The van der Waals surface area contributed by atoms with E-state index in [9.17, 15) is 9.90 Å². The largest absolute Gasteiger partial charge is 0.508 e. The Balaban J connectivity index is 1.73. The van der Waals surface area contributed by atoms with Crippen molar-refractivity contribution in [2.75, 3.05) is 6.54 Å². The van der Waals surface area contributed by atoms with Gasteiger partial charge in [0.2, 0.25) is 0 Å². The number of aryl methyl sites for hydroxylation is 1. The van der Waals surface area contributed by atoms with Gasteiger partial charge in [-0.15, -0.1) is 0 Å². The molecule has 0 aliphatic carbocycles. The molecule has 1 heterocycles. The molecule has 0 fully saturated rings. The van der Waals surface area contributed by atoms with Crippen LogP contribution in [0, 0.1) is 6.92 Å². The first-order chi connectivity index (χ1) is 12.0. The molecule has 0 bridgehead atoms. The molecular formula is C19H17Cl2NO3. The highest BCUT2D eigenvalue weighted by atomic mass is 35.5. The molecule has 0 aliphatic rings. The predicted molar refractivity (Wildman–Crippen MR) is 101 cm³/mol. The Morgan fingerprint density at radius 1 is 1.12 bits per heavy atom. The number of aromatic hydroxyl groups is 1. The van der Waals surface area contributed by atoms with Gasteiger partial charge < -0.3 is 14.8 Å². The predicted octanol–water partition coefficient (Wildman–Crippen LogP) is 4.45. The van der Waals surface area contributed by atoms with Crippen molar-refractivity contribution in [3.63, 3.8) is 0 Å². The Morgan fingerprint density at radius 2 is 1.92 bits per heavy atom. The third kappa shape index (κ3) is 3.98. The molecular weight excluding hydrogens is 361 g/mol. The summed E-state index contributed by atoms with van der Waals surface area (Å²) in [6.07, 6.45) is 0.745. The van der Waals surface area contributed by atoms with Crippen LogP contribution in [0.25, 0.3) is 11.0 Å². The van der Waals surface area contributed by atoms with Crippen LogP contribution < -0.4 is 10.9 Å². The summed E-state index contributed by atoms with van der Waals surface area (Å²) in [7, 11) is 0. The maximum absolute atomic E-state index is 11.8. The molecule has 0 spiro atoms. The molecule has 4 nitrogen and oxygen atoms in total. The second kappa shape index (κ2) is 7.48. The number of benzene rings is 2. The van der Waals surface area contributed by atoms with E-state index in [0.29, 0.717) is 34.3 Å². The molecule has 2 N–H and O–H groups in total. The normalized spacial score (nSPS) is 11.2. The quantitative estimate of drug-likeness (QED) is 0.509. The van der Waals surface area contributed by atoms with Crippen LogP contribution in [0.15, 0.2) is 45.6 Å². The smallest absolute Gasteiger partial charge is 0.336 e. The van der Waals surface area contributed by atoms with Crippen LogP contribution in [0.3, 0.4) is 0 Å². The fraction of sp³-hybridized carbons (Fsp3) is 0.211. The summed E-state index contributed by atoms with van der Waals surface area (Å²) in [6.45, 7) is 2.93. The molecule has 25 heavy (non-hydrogen) atoms. The lowest BCUT2D eigenvalue weighted by molar-refractivity contribution is 0.468. The van der Waals surface area contributed by atoms with Crippen molar-refractivity contribution >= 4 is 34.2 Å². The van der Waals surface area contributed by atoms with Crippen molar-refractivity contribution in [2.24, 2.45) is 0 Å². The Kier molecular flexibility index (Phi) is 5.33. The first-order valence-corrected chi connectivity index (χ1v) is 8.61. The molecule has 0 atom stereocenters. The number of fused-ring (bicyclic) bond motifs is 1. The summed E-state index contributed by atoms with van der Waals surface area (Å²) < 4.78 is 5.24. The number of phenolic OH excluding ortho intramolecular Hbond substituents is 1. The van der Waals surface area contributed by atoms with Gasteiger partial charge in [-0.2, -0.15) is 0 Å². The van der Waals surface area contributed by atoms with Crippen molar-refractivity contribution in [3.8, 4) is 5.75 Å². The standard InChI is InChI=1S/C19H17Cl2NO3/c1-11-17(23)5-4-15-13(8-18(24)25-19(11)15)10-22-7-6-12-2-3-14(20)9-16(12)21/h2-5,8-9,22-23H,6-7,10H2,1H3. The fourth-order valence-corrected chi connectivity index (χ4v) is 3.24. The van der Waals surface area contributed by atoms with Gasteiger partial charge in [0.25, 0.3) is 0 Å². The summed E-state index contributed by atoms with van der Waals surface area (Å²) in [5.74, 6) is 0.109. The summed E-state index contributed by atoms with van der Waals surface area (Å²) in [4.78, 5) is 11.8. The molecule has 2 aromatic carbocycles. The number of phenols is 1. The van der Waals surface area contributed by atoms with E-state index < -0.39 is 5.63 Å². The van der Waals surface area contributed by atoms with E-state index in [4.69, 9.17) is 27.6 Å². The molecule has 0 unspecified atom stereocenters. The van der Waals surface area contributed by atoms with Crippen LogP contribution in [0.1, 0.15) is 16.7 Å². The van der Waals surface area contributed by atoms with Gasteiger partial charge in [0.1, 0.15) is 11.3 Å². The number of rotatable bonds is 5. The van der Waals surface area contributed by atoms with Gasteiger partial charge in [0, 0.05) is 33.6 Å². The summed E-state index contributed by atoms with van der Waals surface area (Å²) in [5, 5.41) is 15.2. The van der Waals surface area contributed by atoms with Crippen LogP contribution in [0.4, 0.5) is 0 Å². The molecule has 6 heteroatoms. The van der Waals surface area contributed by atoms with Crippen LogP contribution in [0.2, 0.25) is 10.0 Å². The Hall–Kier alpha value is -2.01. The topological polar surface area (TPSA) is 62.5 Å². The lowest BCUT2D eigenvalue weighted by Crippen LogP contribution is -2.18. The SMILES string of the molecule is Cc1c(O)ccc2c(CNCCc3ccc(Cl)cc3Cl)cc(=O)oc12. The van der Waals surface area contributed by atoms with E-state index in [1.807, 2.05) is 12.1 Å². The second-order valence-corrected chi connectivity index (χ2v) is 6.68. The van der Waals surface area contributed by atoms with Crippen LogP contribution in [0.5, 0.6) is 5.75 Å². The van der Waals surface area contributed by atoms with Crippen LogP contribution >= 0.6 is 23.2 Å². The van der Waals surface area contributed by atoms with E-state index in [0.717, 1.165) is 22.9 Å². The maximum atomic E-state index is 11.8. The third-order valence-corrected chi connectivity index (χ3v) is 4.71. The average Bonchev–Trinajstić information content (AvgIpc) is 2.57. The first kappa shape index (κ1) is 17.8. The van der Waals surface area contributed by atoms with Gasteiger partial charge in [-0.3, -0.25) is 0 Å². The highest BCUT2D eigenvalue weighted by Gasteiger charge is 2.10. The minimum Gasteiger partial charge on any atom is -0.508 e. The Morgan fingerprint density at radius 3 is 2.68 bits per heavy atom. The van der Waals surface area contributed by atoms with Crippen LogP contribution in [-0.2, 0) is 13.0 Å². The van der Waals surface area contributed by atoms with Gasteiger partial charge in [-0.25, -0.2) is 4.79 Å². The molecule has 0 saturated carbocycles. The summed E-state index contributed by atoms with van der Waals surface area (Å²) in [5.41, 5.74) is 2.39. The van der Waals surface area contributed by atoms with E-state index >= 15 is 0 Å². The van der Waals surface area contributed by atoms with E-state index in [-0.39, 0.29) is 5.75 Å². The van der Waals surface area contributed by atoms with Crippen molar-refractivity contribution in [2.45, 2.75) is 19.9 Å². The molecule has 3 aromatic rings. The molecule has 0 amide bonds. The van der Waals surface area contributed by atoms with Gasteiger partial charge >= 0.3 is 5.63 Å². The minimum atomic E-state index is -0.432. The van der Waals surface area contributed by atoms with Gasteiger partial charge in [0.15, 0.2) is 0 Å². The lowest BCUT2D eigenvalue weighted by atomic mass is 10.1. The van der Waals surface area contributed by atoms with E-state index in [1.54, 1.807) is 25.1 Å². The summed E-state index contributed by atoms with van der Waals surface area (Å²) in [6, 6.07) is 10.3. The first-order valence-electron chi connectivity index (χ1n) is 7.85. The number of hydrogen-bond donors (Lipinski definition) is 2. The zero-order valence-corrected chi connectivity index (χ0v) is 15.1. The van der Waals surface area contributed by atoms with Gasteiger partial charge in [-0.05, 0) is 55.3 Å². The molecule has 0 aliphatic heterocycles. The number of nitrogens with one attached hydrogen (secondary N) is 1. The zero-order chi connectivity index (χ0) is 18.0. The highest BCUT2D eigenvalue weighted by molar-refractivity contribution is 6.35. The Labute approximate surface area is 155 Å². The van der Waals surface area contributed by atoms with Crippen molar-refractivity contribution < 1.29 is 9.52 Å². The molecule has 130 valence electrons. The monoisotopic (exact) mass is 377 g/mol. The van der Waals surface area contributed by atoms with Gasteiger partial charge in [-0.1, -0.05) is 29.3 Å². The molecule has 1 aromatic heterocycles. The minimum absolute atomic E-state index is 0.109. The summed E-state index contributed by atoms with van der Waals surface area (Å²) >= 11 is 12.1. The lowest BCUT2D eigenvalue weighted by Gasteiger charge is -2.10. The molecule has 0 radical (unpaired) electrons. The number of halogens is 2. The Bertz CT molecular complexity index is 982. The second-order valence-electron chi connectivity index (χ2n) is 5.84. The highest BCUT2D eigenvalue weighted by Crippen LogP contribution is 2.27. The zero-order valence-electron chi connectivity index (χ0n) is 13.6. The van der Waals surface area contributed by atoms with E-state index in [2.05, 4.69) is 5.32 Å². The van der Waals surface area contributed by atoms with Gasteiger partial charge in [0.05, 0.1) is 0 Å². The molecule has 0 saturated heterocycles. The maximum Gasteiger partial charge on any atom is 0.336 e. The molecule has 3 rings (SSSR count). The average molecular weight is 378 g/mol. The fourth-order valence-electron chi connectivity index (χ4n) is 2.73. The van der Waals surface area contributed by atoms with Crippen LogP contribution in [-0.4, -0.2) is 11.7 Å². The third-order valence-electron chi connectivity index (χ3n) is 4.12. The van der Waals surface area contributed by atoms with Crippen molar-refractivity contribution in [1.82, 2.24) is 5.32 Å². The van der Waals surface area contributed by atoms with Crippen molar-refractivity contribution in [1.29, 1.82) is 0 Å². The van der Waals surface area contributed by atoms with E-state index in [1.165, 1.54) is 6.07 Å². The van der Waals surface area contributed by atoms with Crippen molar-refractivity contribution in [3.05, 3.63) is 73.6 Å². The number of hydrogen-bond acceptors (Lipinski definition) is 4.